The maximum Gasteiger partial charge on any atom is 0.180 e. The molecule has 0 saturated heterocycles. The molecule has 13 aromatic carbocycles. The summed E-state index contributed by atoms with van der Waals surface area (Å²) < 4.78 is 5.03. The van der Waals surface area contributed by atoms with Gasteiger partial charge in [0.25, 0.3) is 0 Å². The van der Waals surface area contributed by atoms with Crippen LogP contribution in [0.15, 0.2) is 340 Å². The quantitative estimate of drug-likeness (QED) is 0.0852. The first-order valence-electron chi connectivity index (χ1n) is 28.4. The first-order chi connectivity index (χ1) is 40.7. The number of fused-ring (bicyclic) bond motifs is 6. The van der Waals surface area contributed by atoms with E-state index in [0.29, 0.717) is 0 Å². The van der Waals surface area contributed by atoms with Crippen LogP contribution in [0.5, 0.6) is 0 Å². The lowest BCUT2D eigenvalue weighted by Gasteiger charge is -2.35. The molecule has 0 aliphatic carbocycles. The normalized spacial score (nSPS) is 11.9. The highest BCUT2D eigenvalue weighted by molar-refractivity contribution is 7.21. The number of hydrogen-bond acceptors (Lipinski definition) is 0. The summed E-state index contributed by atoms with van der Waals surface area (Å²) in [5.74, 6) is 0. The molecule has 4 heteroatoms. The van der Waals surface area contributed by atoms with Crippen LogP contribution >= 0.6 is 0 Å². The van der Waals surface area contributed by atoms with E-state index in [2.05, 4.69) is 349 Å². The lowest BCUT2D eigenvalue weighted by Crippen LogP contribution is -2.74. The van der Waals surface area contributed by atoms with E-state index >= 15 is 0 Å². The molecule has 0 radical (unpaired) electrons. The predicted molar refractivity (Wildman–Crippen MR) is 353 cm³/mol. The van der Waals surface area contributed by atoms with E-state index in [4.69, 9.17) is 0 Å². The molecule has 386 valence electrons. The Kier molecular flexibility index (Phi) is 12.3. The van der Waals surface area contributed by atoms with Crippen molar-refractivity contribution in [2.45, 2.75) is 0 Å². The van der Waals surface area contributed by atoms with Gasteiger partial charge < -0.3 is 9.13 Å². The summed E-state index contributed by atoms with van der Waals surface area (Å²) in [5.41, 5.74) is 11.9. The standard InChI is InChI=1S/C78H56N2Si2/c1-7-26-57(27-8-1)59-48-51-67(52-49-59)81(63-32-11-3-12-33-63,64-34-13-4-14-35-64)69-41-24-31-61(55-69)79-73-44-21-19-42-70(73)72-56-62(50-53-75(72)79)80-74-45-22-20-43-71(74)78-76(80)46-25-47-77(78)82(65-36-15-5-16-37-65,66-38-17-6-18-39-66)68-40-23-30-60(54-68)58-28-9-2-10-29-58/h1-56H. The fourth-order valence-corrected chi connectivity index (χ4v) is 23.5. The Hall–Kier alpha value is -10.1. The highest BCUT2D eigenvalue weighted by atomic mass is 28.3. The molecule has 0 bridgehead atoms. The largest absolute Gasteiger partial charge is 0.309 e. The third kappa shape index (κ3) is 7.90. The van der Waals surface area contributed by atoms with Crippen LogP contribution in [-0.4, -0.2) is 25.3 Å². The van der Waals surface area contributed by atoms with Gasteiger partial charge in [-0.05, 0) is 112 Å². The van der Waals surface area contributed by atoms with E-state index in [0.717, 1.165) is 11.4 Å². The van der Waals surface area contributed by atoms with Gasteiger partial charge in [0.2, 0.25) is 0 Å². The number of hydrogen-bond donors (Lipinski definition) is 0. The molecule has 0 unspecified atom stereocenters. The van der Waals surface area contributed by atoms with Crippen LogP contribution in [0.3, 0.4) is 0 Å². The minimum atomic E-state index is -3.06. The van der Waals surface area contributed by atoms with Gasteiger partial charge >= 0.3 is 0 Å². The predicted octanol–water partition coefficient (Wildman–Crippen LogP) is 14.0. The molecule has 0 N–H and O–H groups in total. The number of para-hydroxylation sites is 2. The molecular weight excluding hydrogens is 1020 g/mol. The summed E-state index contributed by atoms with van der Waals surface area (Å²) in [6.07, 6.45) is 0. The zero-order valence-corrected chi connectivity index (χ0v) is 47.2. The zero-order valence-electron chi connectivity index (χ0n) is 45.2. The summed E-state index contributed by atoms with van der Waals surface area (Å²) >= 11 is 0. The van der Waals surface area contributed by atoms with Crippen molar-refractivity contribution >= 4 is 101 Å². The van der Waals surface area contributed by atoms with E-state index in [-0.39, 0.29) is 0 Å². The molecule has 0 aliphatic rings. The van der Waals surface area contributed by atoms with Crippen LogP contribution in [0.25, 0.3) is 77.2 Å². The molecule has 2 nitrogen and oxygen atoms in total. The SMILES string of the molecule is c1ccc(-c2ccc([Si](c3ccccc3)(c3ccccc3)c3cccc(-n4c5ccccc5c5cc(-n6c7ccccc7c7c([Si](c8ccccc8)(c8ccccc8)c8cccc(-c9ccccc9)c8)cccc76)ccc54)c3)cc2)cc1. The third-order valence-corrected chi connectivity index (χ3v) is 26.8. The van der Waals surface area contributed by atoms with Crippen molar-refractivity contribution in [1.82, 2.24) is 9.13 Å². The van der Waals surface area contributed by atoms with Crippen LogP contribution in [0.1, 0.15) is 0 Å². The average Bonchev–Trinajstić information content (AvgIpc) is 4.11. The van der Waals surface area contributed by atoms with Crippen LogP contribution in [0.4, 0.5) is 0 Å². The first kappa shape index (κ1) is 49.0. The first-order valence-corrected chi connectivity index (χ1v) is 32.4. The molecular formula is C78H56N2Si2. The van der Waals surface area contributed by atoms with Crippen molar-refractivity contribution in [1.29, 1.82) is 0 Å². The smallest absolute Gasteiger partial charge is 0.180 e. The van der Waals surface area contributed by atoms with Crippen molar-refractivity contribution in [2.75, 3.05) is 0 Å². The zero-order chi connectivity index (χ0) is 54.5. The Morgan fingerprint density at radius 1 is 0.195 bits per heavy atom. The van der Waals surface area contributed by atoms with Gasteiger partial charge in [-0.25, -0.2) is 0 Å². The number of aromatic nitrogens is 2. The highest BCUT2D eigenvalue weighted by Crippen LogP contribution is 2.37. The van der Waals surface area contributed by atoms with E-state index < -0.39 is 16.1 Å². The van der Waals surface area contributed by atoms with Gasteiger partial charge in [0.15, 0.2) is 16.1 Å². The second-order valence-electron chi connectivity index (χ2n) is 21.5. The molecule has 0 fully saturated rings. The molecule has 82 heavy (non-hydrogen) atoms. The maximum atomic E-state index is 2.53. The van der Waals surface area contributed by atoms with Crippen LogP contribution < -0.4 is 41.5 Å². The van der Waals surface area contributed by atoms with Crippen molar-refractivity contribution in [3.63, 3.8) is 0 Å². The summed E-state index contributed by atoms with van der Waals surface area (Å²) in [6, 6.07) is 127. The maximum absolute atomic E-state index is 3.06. The highest BCUT2D eigenvalue weighted by Gasteiger charge is 2.44. The fraction of sp³-hybridized carbons (Fsp3) is 0. The van der Waals surface area contributed by atoms with Gasteiger partial charge in [-0.2, -0.15) is 0 Å². The molecule has 2 aromatic heterocycles. The molecule has 0 amide bonds. The van der Waals surface area contributed by atoms with Gasteiger partial charge in [0.1, 0.15) is 0 Å². The summed E-state index contributed by atoms with van der Waals surface area (Å²) in [5, 5.41) is 15.8. The topological polar surface area (TPSA) is 9.86 Å². The number of nitrogens with zero attached hydrogens (tertiary/aromatic N) is 2. The lowest BCUT2D eigenvalue weighted by atomic mass is 10.1. The molecule has 15 rings (SSSR count). The number of benzene rings is 13. The van der Waals surface area contributed by atoms with Crippen LogP contribution in [0, 0.1) is 0 Å². The van der Waals surface area contributed by atoms with Crippen molar-refractivity contribution in [2.24, 2.45) is 0 Å². The molecule has 0 aliphatic heterocycles. The minimum absolute atomic E-state index is 1.13. The molecule has 0 atom stereocenters. The second kappa shape index (κ2) is 20.5. The monoisotopic (exact) mass is 1080 g/mol. The van der Waals surface area contributed by atoms with Crippen LogP contribution in [-0.2, 0) is 0 Å². The van der Waals surface area contributed by atoms with E-state index in [1.54, 1.807) is 0 Å². The molecule has 0 spiro atoms. The van der Waals surface area contributed by atoms with Gasteiger partial charge in [0, 0.05) is 32.9 Å². The Bertz CT molecular complexity index is 4690. The molecule has 0 saturated carbocycles. The van der Waals surface area contributed by atoms with Crippen molar-refractivity contribution < 1.29 is 0 Å². The Morgan fingerprint density at radius 2 is 0.573 bits per heavy atom. The lowest BCUT2D eigenvalue weighted by molar-refractivity contribution is 1.17. The summed E-state index contributed by atoms with van der Waals surface area (Å²) in [7, 11) is -5.98. The van der Waals surface area contributed by atoms with Gasteiger partial charge in [0.05, 0.1) is 22.1 Å². The Balaban J connectivity index is 0.940. The minimum Gasteiger partial charge on any atom is -0.309 e. The van der Waals surface area contributed by atoms with E-state index in [9.17, 15) is 0 Å². The van der Waals surface area contributed by atoms with Crippen molar-refractivity contribution in [3.8, 4) is 33.6 Å². The van der Waals surface area contributed by atoms with Gasteiger partial charge in [-0.15, -0.1) is 0 Å². The van der Waals surface area contributed by atoms with Gasteiger partial charge in [-0.1, -0.05) is 291 Å². The molecule has 15 aromatic rings. The Morgan fingerprint density at radius 3 is 1.17 bits per heavy atom. The summed E-state index contributed by atoms with van der Waals surface area (Å²) in [6.45, 7) is 0. The van der Waals surface area contributed by atoms with E-state index in [1.165, 1.54) is 107 Å². The number of rotatable bonds is 12. The Labute approximate surface area is 480 Å². The van der Waals surface area contributed by atoms with Crippen molar-refractivity contribution in [3.05, 3.63) is 340 Å². The van der Waals surface area contributed by atoms with Crippen LogP contribution in [0.2, 0.25) is 0 Å². The third-order valence-electron chi connectivity index (χ3n) is 17.2. The summed E-state index contributed by atoms with van der Waals surface area (Å²) in [4.78, 5) is 0. The second-order valence-corrected chi connectivity index (χ2v) is 29.1. The van der Waals surface area contributed by atoms with Gasteiger partial charge in [-0.3, -0.25) is 0 Å². The average molecular weight is 1080 g/mol. The molecule has 2 heterocycles. The van der Waals surface area contributed by atoms with E-state index in [1.807, 2.05) is 0 Å². The fourth-order valence-electron chi connectivity index (χ4n) is 13.7.